The Labute approximate surface area is 200 Å². The van der Waals surface area contributed by atoms with Crippen molar-refractivity contribution in [2.75, 3.05) is 26.2 Å². The van der Waals surface area contributed by atoms with Gasteiger partial charge in [0.05, 0.1) is 11.4 Å². The molecule has 178 valence electrons. The first-order valence-corrected chi connectivity index (χ1v) is 12.9. The molecule has 2 heterocycles. The van der Waals surface area contributed by atoms with Gasteiger partial charge in [0, 0.05) is 36.0 Å². The van der Waals surface area contributed by atoms with E-state index >= 15 is 0 Å². The van der Waals surface area contributed by atoms with Crippen LogP contribution < -0.4 is 14.8 Å². The van der Waals surface area contributed by atoms with Crippen LogP contribution in [0.25, 0.3) is 0 Å². The molecule has 2 aromatic carbocycles. The van der Waals surface area contributed by atoms with Crippen LogP contribution in [0.1, 0.15) is 32.3 Å². The van der Waals surface area contributed by atoms with E-state index in [9.17, 15) is 13.2 Å². The second kappa shape index (κ2) is 9.52. The topological polar surface area (TPSA) is 84.9 Å². The van der Waals surface area contributed by atoms with Gasteiger partial charge >= 0.3 is 0 Å². The van der Waals surface area contributed by atoms with Gasteiger partial charge in [0.1, 0.15) is 12.2 Å². The normalized spacial score (nSPS) is 18.4. The van der Waals surface area contributed by atoms with Crippen molar-refractivity contribution in [3.63, 3.8) is 0 Å². The highest BCUT2D eigenvalue weighted by atomic mass is 35.5. The van der Waals surface area contributed by atoms with E-state index in [2.05, 4.69) is 5.32 Å². The Bertz CT molecular complexity index is 1110. The SMILES string of the molecule is CC1(C)Cc2cccc(OCCNC(=O)C3CCN(S(=O)(=O)c4ccc(Cl)cc4)CC3)c2O1. The van der Waals surface area contributed by atoms with Gasteiger partial charge < -0.3 is 14.8 Å². The minimum atomic E-state index is -3.58. The molecule has 0 spiro atoms. The number of rotatable bonds is 7. The minimum Gasteiger partial charge on any atom is -0.488 e. The van der Waals surface area contributed by atoms with Crippen LogP contribution in [0.3, 0.4) is 0 Å². The fourth-order valence-corrected chi connectivity index (χ4v) is 5.89. The maximum Gasteiger partial charge on any atom is 0.243 e. The molecule has 2 aliphatic rings. The number of halogens is 1. The maximum absolute atomic E-state index is 12.8. The van der Waals surface area contributed by atoms with Gasteiger partial charge in [0.15, 0.2) is 11.5 Å². The van der Waals surface area contributed by atoms with E-state index in [-0.39, 0.29) is 22.3 Å². The molecule has 1 saturated heterocycles. The quantitative estimate of drug-likeness (QED) is 0.596. The lowest BCUT2D eigenvalue weighted by Gasteiger charge is -2.30. The summed E-state index contributed by atoms with van der Waals surface area (Å²) in [6.45, 7) is 5.41. The second-order valence-electron chi connectivity index (χ2n) is 9.05. The maximum atomic E-state index is 12.8. The molecule has 7 nitrogen and oxygen atoms in total. The van der Waals surface area contributed by atoms with E-state index in [0.29, 0.717) is 49.9 Å². The lowest BCUT2D eigenvalue weighted by atomic mass is 9.97. The summed E-state index contributed by atoms with van der Waals surface area (Å²) >= 11 is 5.86. The number of hydrogen-bond acceptors (Lipinski definition) is 5. The van der Waals surface area contributed by atoms with E-state index in [1.54, 1.807) is 12.1 Å². The summed E-state index contributed by atoms with van der Waals surface area (Å²) < 4.78 is 38.9. The molecule has 0 atom stereocenters. The fourth-order valence-electron chi connectivity index (χ4n) is 4.29. The number of nitrogens with zero attached hydrogens (tertiary/aromatic N) is 1. The molecule has 0 aromatic heterocycles. The van der Waals surface area contributed by atoms with Gasteiger partial charge in [-0.15, -0.1) is 0 Å². The predicted octanol–water partition coefficient (Wildman–Crippen LogP) is 3.65. The highest BCUT2D eigenvalue weighted by molar-refractivity contribution is 7.89. The number of carbonyl (C=O) groups excluding carboxylic acids is 1. The van der Waals surface area contributed by atoms with Crippen molar-refractivity contribution >= 4 is 27.5 Å². The van der Waals surface area contributed by atoms with Crippen molar-refractivity contribution in [3.05, 3.63) is 53.1 Å². The Kier molecular flexibility index (Phi) is 6.88. The number of nitrogens with one attached hydrogen (secondary N) is 1. The Morgan fingerprint density at radius 3 is 2.58 bits per heavy atom. The van der Waals surface area contributed by atoms with Crippen molar-refractivity contribution in [1.29, 1.82) is 0 Å². The van der Waals surface area contributed by atoms with Crippen LogP contribution in [0, 0.1) is 5.92 Å². The molecule has 1 amide bonds. The molecule has 0 unspecified atom stereocenters. The van der Waals surface area contributed by atoms with Gasteiger partial charge in [0.2, 0.25) is 15.9 Å². The largest absolute Gasteiger partial charge is 0.488 e. The van der Waals surface area contributed by atoms with E-state index in [1.165, 1.54) is 16.4 Å². The van der Waals surface area contributed by atoms with Crippen LogP contribution >= 0.6 is 11.6 Å². The Balaban J connectivity index is 1.23. The van der Waals surface area contributed by atoms with Crippen LogP contribution in [0.15, 0.2) is 47.4 Å². The monoisotopic (exact) mass is 492 g/mol. The summed E-state index contributed by atoms with van der Waals surface area (Å²) in [5.74, 6) is 1.18. The Hall–Kier alpha value is -2.29. The van der Waals surface area contributed by atoms with Crippen LogP contribution in [-0.4, -0.2) is 50.5 Å². The first-order valence-electron chi connectivity index (χ1n) is 11.1. The number of fused-ring (bicyclic) bond motifs is 1. The number of hydrogen-bond donors (Lipinski definition) is 1. The molecule has 0 aliphatic carbocycles. The van der Waals surface area contributed by atoms with Gasteiger partial charge in [-0.3, -0.25) is 4.79 Å². The molecule has 0 bridgehead atoms. The van der Waals surface area contributed by atoms with Crippen LogP contribution in [0.5, 0.6) is 11.5 Å². The van der Waals surface area contributed by atoms with E-state index in [1.807, 2.05) is 32.0 Å². The zero-order chi connectivity index (χ0) is 23.6. The fraction of sp³-hybridized carbons (Fsp3) is 0.458. The molecule has 1 N–H and O–H groups in total. The van der Waals surface area contributed by atoms with Crippen molar-refractivity contribution in [2.45, 2.75) is 43.6 Å². The lowest BCUT2D eigenvalue weighted by molar-refractivity contribution is -0.126. The lowest BCUT2D eigenvalue weighted by Crippen LogP contribution is -2.43. The zero-order valence-corrected chi connectivity index (χ0v) is 20.4. The molecular formula is C24H29ClN2O5S. The number of benzene rings is 2. The number of amides is 1. The molecule has 4 rings (SSSR count). The van der Waals surface area contributed by atoms with Gasteiger partial charge in [-0.1, -0.05) is 23.7 Å². The van der Waals surface area contributed by atoms with Crippen LogP contribution in [0.2, 0.25) is 5.02 Å². The molecular weight excluding hydrogens is 464 g/mol. The summed E-state index contributed by atoms with van der Waals surface area (Å²) in [5, 5.41) is 3.40. The first kappa shape index (κ1) is 23.9. The average molecular weight is 493 g/mol. The van der Waals surface area contributed by atoms with Gasteiger partial charge in [-0.05, 0) is 57.0 Å². The molecule has 1 fully saturated rings. The number of carbonyl (C=O) groups is 1. The van der Waals surface area contributed by atoms with Gasteiger partial charge in [-0.25, -0.2) is 8.42 Å². The molecule has 0 saturated carbocycles. The molecule has 2 aromatic rings. The van der Waals surface area contributed by atoms with Crippen LogP contribution in [0.4, 0.5) is 0 Å². The van der Waals surface area contributed by atoms with E-state index < -0.39 is 10.0 Å². The third-order valence-electron chi connectivity index (χ3n) is 5.99. The predicted molar refractivity (Wildman–Crippen MR) is 126 cm³/mol. The summed E-state index contributed by atoms with van der Waals surface area (Å²) in [6, 6.07) is 12.0. The third kappa shape index (κ3) is 5.45. The second-order valence-corrected chi connectivity index (χ2v) is 11.4. The van der Waals surface area contributed by atoms with Crippen LogP contribution in [-0.2, 0) is 21.2 Å². The number of piperidine rings is 1. The summed E-state index contributed by atoms with van der Waals surface area (Å²) in [5.41, 5.74) is 0.883. The third-order valence-corrected chi connectivity index (χ3v) is 8.15. The van der Waals surface area contributed by atoms with Gasteiger partial charge in [-0.2, -0.15) is 4.31 Å². The standard InChI is InChI=1S/C24H29ClN2O5S/c1-24(2)16-18-4-3-5-21(22(18)32-24)31-15-12-26-23(28)17-10-13-27(14-11-17)33(29,30)20-8-6-19(25)7-9-20/h3-9,17H,10-16H2,1-2H3,(H,26,28). The molecule has 0 radical (unpaired) electrons. The van der Waals surface area contributed by atoms with Crippen molar-refractivity contribution < 1.29 is 22.7 Å². The van der Waals surface area contributed by atoms with Gasteiger partial charge in [0.25, 0.3) is 0 Å². The highest BCUT2D eigenvalue weighted by Gasteiger charge is 2.33. The zero-order valence-electron chi connectivity index (χ0n) is 18.8. The first-order chi connectivity index (χ1) is 15.7. The number of ether oxygens (including phenoxy) is 2. The number of sulfonamides is 1. The molecule has 2 aliphatic heterocycles. The van der Waals surface area contributed by atoms with E-state index in [0.717, 1.165) is 17.7 Å². The van der Waals surface area contributed by atoms with E-state index in [4.69, 9.17) is 21.1 Å². The summed E-state index contributed by atoms with van der Waals surface area (Å²) in [6.07, 6.45) is 1.80. The Morgan fingerprint density at radius 1 is 1.18 bits per heavy atom. The van der Waals surface area contributed by atoms with Crippen molar-refractivity contribution in [2.24, 2.45) is 5.92 Å². The van der Waals surface area contributed by atoms with Crippen molar-refractivity contribution in [1.82, 2.24) is 9.62 Å². The summed E-state index contributed by atoms with van der Waals surface area (Å²) in [7, 11) is -3.58. The van der Waals surface area contributed by atoms with Crippen molar-refractivity contribution in [3.8, 4) is 11.5 Å². The molecule has 33 heavy (non-hydrogen) atoms. The molecule has 9 heteroatoms. The minimum absolute atomic E-state index is 0.0715. The average Bonchev–Trinajstić information content (AvgIpc) is 3.11. The Morgan fingerprint density at radius 2 is 1.88 bits per heavy atom. The smallest absolute Gasteiger partial charge is 0.243 e. The summed E-state index contributed by atoms with van der Waals surface area (Å²) in [4.78, 5) is 12.8. The number of para-hydroxylation sites is 1. The highest BCUT2D eigenvalue weighted by Crippen LogP contribution is 2.41.